The molecule has 3 heteroatoms. The van der Waals surface area contributed by atoms with Gasteiger partial charge in [-0.2, -0.15) is 0 Å². The number of hydrogen-bond donors (Lipinski definition) is 1. The molecule has 0 aromatic carbocycles. The molecule has 0 bridgehead atoms. The van der Waals surface area contributed by atoms with Crippen molar-refractivity contribution in [3.05, 3.63) is 0 Å². The van der Waals surface area contributed by atoms with Crippen LogP contribution in [0.25, 0.3) is 0 Å². The quantitative estimate of drug-likeness (QED) is 0.699. The van der Waals surface area contributed by atoms with Gasteiger partial charge in [-0.05, 0) is 31.1 Å². The molecule has 2 aliphatic carbocycles. The molecule has 0 aromatic rings. The van der Waals surface area contributed by atoms with Gasteiger partial charge in [-0.15, -0.1) is 0 Å². The molecular formula is C11H18N2O. The van der Waals surface area contributed by atoms with Crippen molar-refractivity contribution < 1.29 is 4.79 Å². The molecule has 0 aromatic heterocycles. The molecule has 3 nitrogen and oxygen atoms in total. The maximum Gasteiger partial charge on any atom is 0.226 e. The van der Waals surface area contributed by atoms with Crippen molar-refractivity contribution in [2.24, 2.45) is 23.5 Å². The minimum Gasteiger partial charge on any atom is -0.339 e. The highest BCUT2D eigenvalue weighted by atomic mass is 16.2. The van der Waals surface area contributed by atoms with Crippen LogP contribution < -0.4 is 5.73 Å². The molecular weight excluding hydrogens is 176 g/mol. The lowest BCUT2D eigenvalue weighted by Crippen LogP contribution is -2.70. The first-order chi connectivity index (χ1) is 6.60. The van der Waals surface area contributed by atoms with Gasteiger partial charge < -0.3 is 10.6 Å². The summed E-state index contributed by atoms with van der Waals surface area (Å²) in [6.45, 7) is 3.79. The Morgan fingerprint density at radius 1 is 1.43 bits per heavy atom. The van der Waals surface area contributed by atoms with E-state index < -0.39 is 0 Å². The maximum absolute atomic E-state index is 11.8. The van der Waals surface area contributed by atoms with Crippen LogP contribution in [0.1, 0.15) is 26.2 Å². The van der Waals surface area contributed by atoms with E-state index in [1.165, 1.54) is 12.8 Å². The number of carbonyl (C=O) groups excluding carboxylic acids is 1. The Morgan fingerprint density at radius 2 is 2.00 bits per heavy atom. The van der Waals surface area contributed by atoms with Gasteiger partial charge in [0.25, 0.3) is 0 Å². The van der Waals surface area contributed by atoms with Crippen LogP contribution in [0.5, 0.6) is 0 Å². The molecule has 2 unspecified atom stereocenters. The highest BCUT2D eigenvalue weighted by Crippen LogP contribution is 2.46. The minimum absolute atomic E-state index is 0.00616. The summed E-state index contributed by atoms with van der Waals surface area (Å²) in [6.07, 6.45) is 3.65. The third-order valence-corrected chi connectivity index (χ3v) is 4.10. The highest BCUT2D eigenvalue weighted by molar-refractivity contribution is 5.82. The number of likely N-dealkylation sites (tertiary alicyclic amines) is 1. The minimum atomic E-state index is -0.00616. The van der Waals surface area contributed by atoms with Crippen LogP contribution in [0.3, 0.4) is 0 Å². The Labute approximate surface area is 84.6 Å². The molecule has 14 heavy (non-hydrogen) atoms. The molecule has 0 radical (unpaired) electrons. The zero-order valence-electron chi connectivity index (χ0n) is 8.70. The van der Waals surface area contributed by atoms with Crippen molar-refractivity contribution in [3.8, 4) is 0 Å². The number of carbonyl (C=O) groups is 1. The molecule has 1 heterocycles. The second-order valence-electron chi connectivity index (χ2n) is 5.52. The van der Waals surface area contributed by atoms with E-state index in [0.29, 0.717) is 23.7 Å². The van der Waals surface area contributed by atoms with Gasteiger partial charge in [0.2, 0.25) is 5.91 Å². The van der Waals surface area contributed by atoms with Gasteiger partial charge >= 0.3 is 0 Å². The van der Waals surface area contributed by atoms with Crippen molar-refractivity contribution in [1.29, 1.82) is 0 Å². The molecule has 2 atom stereocenters. The molecule has 78 valence electrons. The van der Waals surface area contributed by atoms with Crippen molar-refractivity contribution in [3.63, 3.8) is 0 Å². The fourth-order valence-corrected chi connectivity index (χ4v) is 2.64. The van der Waals surface area contributed by atoms with Crippen molar-refractivity contribution in [2.75, 3.05) is 13.1 Å². The molecule has 1 saturated heterocycles. The third kappa shape index (κ3) is 1.18. The summed E-state index contributed by atoms with van der Waals surface area (Å²) in [5, 5.41) is 0. The van der Waals surface area contributed by atoms with Crippen molar-refractivity contribution in [1.82, 2.24) is 4.90 Å². The van der Waals surface area contributed by atoms with Crippen LogP contribution in [0.15, 0.2) is 0 Å². The second-order valence-corrected chi connectivity index (χ2v) is 5.52. The van der Waals surface area contributed by atoms with E-state index in [0.717, 1.165) is 19.5 Å². The molecule has 2 saturated carbocycles. The van der Waals surface area contributed by atoms with Gasteiger partial charge in [-0.1, -0.05) is 6.92 Å². The van der Waals surface area contributed by atoms with E-state index in [-0.39, 0.29) is 5.54 Å². The summed E-state index contributed by atoms with van der Waals surface area (Å²) in [7, 11) is 0. The summed E-state index contributed by atoms with van der Waals surface area (Å²) in [5.74, 6) is 2.03. The number of nitrogens with two attached hydrogens (primary N) is 1. The molecule has 1 aliphatic heterocycles. The predicted molar refractivity (Wildman–Crippen MR) is 53.5 cm³/mol. The summed E-state index contributed by atoms with van der Waals surface area (Å²) in [4.78, 5) is 13.8. The zero-order chi connectivity index (χ0) is 9.92. The largest absolute Gasteiger partial charge is 0.339 e. The van der Waals surface area contributed by atoms with Crippen molar-refractivity contribution >= 4 is 5.91 Å². The topological polar surface area (TPSA) is 46.3 Å². The first kappa shape index (κ1) is 8.72. The first-order valence-electron chi connectivity index (χ1n) is 5.68. The smallest absolute Gasteiger partial charge is 0.226 e. The number of nitrogens with zero attached hydrogens (tertiary/aromatic N) is 1. The summed E-state index contributed by atoms with van der Waals surface area (Å²) >= 11 is 0. The van der Waals surface area contributed by atoms with Crippen LogP contribution in [0, 0.1) is 17.8 Å². The third-order valence-electron chi connectivity index (χ3n) is 4.10. The lowest BCUT2D eigenvalue weighted by atomic mass is 9.85. The average molecular weight is 194 g/mol. The number of amides is 1. The Bertz CT molecular complexity index is 279. The van der Waals surface area contributed by atoms with Crippen LogP contribution in [0.4, 0.5) is 0 Å². The van der Waals surface area contributed by atoms with E-state index in [4.69, 9.17) is 5.73 Å². The second kappa shape index (κ2) is 2.51. The summed E-state index contributed by atoms with van der Waals surface area (Å²) in [6, 6.07) is 0. The van der Waals surface area contributed by atoms with Crippen LogP contribution in [-0.2, 0) is 4.79 Å². The van der Waals surface area contributed by atoms with Crippen LogP contribution >= 0.6 is 0 Å². The van der Waals surface area contributed by atoms with E-state index in [9.17, 15) is 4.79 Å². The van der Waals surface area contributed by atoms with Gasteiger partial charge in [0, 0.05) is 19.0 Å². The van der Waals surface area contributed by atoms with Gasteiger partial charge in [0.05, 0.1) is 5.54 Å². The Kier molecular flexibility index (Phi) is 1.56. The first-order valence-corrected chi connectivity index (χ1v) is 5.68. The van der Waals surface area contributed by atoms with E-state index in [2.05, 4.69) is 6.92 Å². The molecule has 3 rings (SSSR count). The standard InChI is InChI=1S/C11H18N2O/c1-7-4-9(7)10(14)13-5-11(12,6-13)8-2-3-8/h7-9H,2-6,12H2,1H3. The highest BCUT2D eigenvalue weighted by Gasteiger charge is 2.54. The van der Waals surface area contributed by atoms with E-state index in [1.807, 2.05) is 4.90 Å². The number of rotatable bonds is 2. The maximum atomic E-state index is 11.8. The van der Waals surface area contributed by atoms with Crippen LogP contribution in [-0.4, -0.2) is 29.4 Å². The summed E-state index contributed by atoms with van der Waals surface area (Å²) < 4.78 is 0. The molecule has 3 aliphatic rings. The Hall–Kier alpha value is -0.570. The molecule has 0 spiro atoms. The fourth-order valence-electron chi connectivity index (χ4n) is 2.64. The monoisotopic (exact) mass is 194 g/mol. The van der Waals surface area contributed by atoms with Gasteiger partial charge in [0.15, 0.2) is 0 Å². The van der Waals surface area contributed by atoms with Gasteiger partial charge in [-0.3, -0.25) is 4.79 Å². The molecule has 1 amide bonds. The van der Waals surface area contributed by atoms with Gasteiger partial charge in [0.1, 0.15) is 0 Å². The average Bonchev–Trinajstić information content (AvgIpc) is 2.89. The van der Waals surface area contributed by atoms with Crippen LogP contribution in [0.2, 0.25) is 0 Å². The molecule has 2 N–H and O–H groups in total. The normalized spacial score (nSPS) is 39.1. The lowest BCUT2D eigenvalue weighted by Gasteiger charge is -2.48. The number of hydrogen-bond acceptors (Lipinski definition) is 2. The molecule has 3 fully saturated rings. The summed E-state index contributed by atoms with van der Waals surface area (Å²) in [5.41, 5.74) is 6.19. The lowest BCUT2D eigenvalue weighted by molar-refractivity contribution is -0.141. The Morgan fingerprint density at radius 3 is 2.43 bits per heavy atom. The Balaban J connectivity index is 1.56. The van der Waals surface area contributed by atoms with E-state index >= 15 is 0 Å². The fraction of sp³-hybridized carbons (Fsp3) is 0.909. The zero-order valence-corrected chi connectivity index (χ0v) is 8.70. The van der Waals surface area contributed by atoms with E-state index in [1.54, 1.807) is 0 Å². The predicted octanol–water partition coefficient (Wildman–Crippen LogP) is 0.592. The van der Waals surface area contributed by atoms with Crippen molar-refractivity contribution in [2.45, 2.75) is 31.7 Å². The SMILES string of the molecule is CC1CC1C(=O)N1CC(N)(C2CC2)C1. The van der Waals surface area contributed by atoms with Gasteiger partial charge in [-0.25, -0.2) is 0 Å².